The van der Waals surface area contributed by atoms with Crippen molar-refractivity contribution in [2.75, 3.05) is 13.7 Å². The highest BCUT2D eigenvalue weighted by atomic mass is 16.5. The molecule has 0 spiro atoms. The molecule has 1 aromatic rings. The number of nitrogens with one attached hydrogen (secondary N) is 2. The second kappa shape index (κ2) is 5.60. The maximum absolute atomic E-state index is 11.5. The zero-order valence-corrected chi connectivity index (χ0v) is 10.6. The van der Waals surface area contributed by atoms with E-state index < -0.39 is 6.09 Å². The molecule has 0 radical (unpaired) electrons. The van der Waals surface area contributed by atoms with Crippen molar-refractivity contribution >= 4 is 12.0 Å². The van der Waals surface area contributed by atoms with Gasteiger partial charge < -0.3 is 20.5 Å². The molecule has 1 aliphatic rings. The number of carboxylic acid groups (broad SMARTS) is 1. The van der Waals surface area contributed by atoms with Crippen LogP contribution in [0.15, 0.2) is 24.3 Å². The summed E-state index contributed by atoms with van der Waals surface area (Å²) in [6.07, 6.45) is -0.809. The first-order valence-electron chi connectivity index (χ1n) is 6.00. The third-order valence-electron chi connectivity index (χ3n) is 3.26. The summed E-state index contributed by atoms with van der Waals surface area (Å²) in [5, 5.41) is 14.0. The fraction of sp³-hybridized carbons (Fsp3) is 0.385. The Labute approximate surface area is 110 Å². The highest BCUT2D eigenvalue weighted by Gasteiger charge is 2.31. The summed E-state index contributed by atoms with van der Waals surface area (Å²) in [4.78, 5) is 22.3. The smallest absolute Gasteiger partial charge is 0.404 e. The third kappa shape index (κ3) is 3.15. The van der Waals surface area contributed by atoms with Gasteiger partial charge in [-0.3, -0.25) is 4.79 Å². The van der Waals surface area contributed by atoms with Crippen LogP contribution in [-0.2, 0) is 4.79 Å². The van der Waals surface area contributed by atoms with Gasteiger partial charge in [0.2, 0.25) is 5.91 Å². The molecule has 6 nitrogen and oxygen atoms in total. The fourth-order valence-electron chi connectivity index (χ4n) is 2.29. The lowest BCUT2D eigenvalue weighted by Gasteiger charge is -2.31. The zero-order valence-electron chi connectivity index (χ0n) is 10.6. The van der Waals surface area contributed by atoms with E-state index in [0.29, 0.717) is 6.54 Å². The minimum absolute atomic E-state index is 0.0655. The van der Waals surface area contributed by atoms with Crippen molar-refractivity contribution in [1.29, 1.82) is 0 Å². The number of ether oxygens (including phenoxy) is 1. The van der Waals surface area contributed by atoms with Crippen molar-refractivity contribution in [3.05, 3.63) is 29.8 Å². The number of methoxy groups -OCH3 is 1. The van der Waals surface area contributed by atoms with Crippen LogP contribution in [0.2, 0.25) is 0 Å². The maximum Gasteiger partial charge on any atom is 0.404 e. The Balaban J connectivity index is 2.20. The van der Waals surface area contributed by atoms with Gasteiger partial charge in [-0.05, 0) is 17.7 Å². The topological polar surface area (TPSA) is 87.7 Å². The molecule has 2 rings (SSSR count). The summed E-state index contributed by atoms with van der Waals surface area (Å²) >= 11 is 0. The standard InChI is InChI=1S/C13H16N2O4/c1-19-9-4-2-8(3-5-9)10-6-12(16)14-7-11(10)15-13(17)18/h2-5,10-11,15H,6-7H2,1H3,(H,14,16)(H,17,18). The SMILES string of the molecule is COc1ccc(C2CC(=O)NCC2NC(=O)O)cc1. The quantitative estimate of drug-likeness (QED) is 0.758. The van der Waals surface area contributed by atoms with Gasteiger partial charge in [-0.1, -0.05) is 12.1 Å². The molecule has 0 saturated carbocycles. The van der Waals surface area contributed by atoms with Gasteiger partial charge in [0.25, 0.3) is 0 Å². The van der Waals surface area contributed by atoms with Crippen molar-refractivity contribution in [3.63, 3.8) is 0 Å². The van der Waals surface area contributed by atoms with Crippen LogP contribution >= 0.6 is 0 Å². The predicted octanol–water partition coefficient (Wildman–Crippen LogP) is 0.935. The molecule has 1 saturated heterocycles. The molecule has 0 bridgehead atoms. The van der Waals surface area contributed by atoms with Crippen LogP contribution in [0.5, 0.6) is 5.75 Å². The highest BCUT2D eigenvalue weighted by molar-refractivity contribution is 5.78. The zero-order chi connectivity index (χ0) is 13.8. The van der Waals surface area contributed by atoms with Gasteiger partial charge >= 0.3 is 6.09 Å². The molecule has 3 N–H and O–H groups in total. The predicted molar refractivity (Wildman–Crippen MR) is 68.3 cm³/mol. The summed E-state index contributed by atoms with van der Waals surface area (Å²) < 4.78 is 5.08. The Kier molecular flexibility index (Phi) is 3.89. The van der Waals surface area contributed by atoms with E-state index in [1.165, 1.54) is 0 Å². The number of benzene rings is 1. The van der Waals surface area contributed by atoms with Crippen LogP contribution in [-0.4, -0.2) is 36.8 Å². The van der Waals surface area contributed by atoms with Gasteiger partial charge in [0.1, 0.15) is 5.75 Å². The van der Waals surface area contributed by atoms with E-state index in [4.69, 9.17) is 9.84 Å². The van der Waals surface area contributed by atoms with E-state index in [-0.39, 0.29) is 24.3 Å². The monoisotopic (exact) mass is 264 g/mol. The molecule has 19 heavy (non-hydrogen) atoms. The molecule has 0 aliphatic carbocycles. The normalized spacial score (nSPS) is 22.5. The molecule has 1 fully saturated rings. The number of amides is 2. The Morgan fingerprint density at radius 1 is 1.42 bits per heavy atom. The van der Waals surface area contributed by atoms with Crippen LogP contribution in [0.25, 0.3) is 0 Å². The van der Waals surface area contributed by atoms with Crippen molar-refractivity contribution in [2.45, 2.75) is 18.4 Å². The number of hydrogen-bond acceptors (Lipinski definition) is 3. The summed E-state index contributed by atoms with van der Waals surface area (Å²) in [6, 6.07) is 7.01. The van der Waals surface area contributed by atoms with E-state index in [1.54, 1.807) is 19.2 Å². The molecule has 1 aliphatic heterocycles. The number of piperidine rings is 1. The van der Waals surface area contributed by atoms with Gasteiger partial charge in [0, 0.05) is 18.9 Å². The second-order valence-electron chi connectivity index (χ2n) is 4.44. The van der Waals surface area contributed by atoms with Crippen molar-refractivity contribution in [2.24, 2.45) is 0 Å². The highest BCUT2D eigenvalue weighted by Crippen LogP contribution is 2.27. The lowest BCUT2D eigenvalue weighted by atomic mass is 9.85. The van der Waals surface area contributed by atoms with Crippen LogP contribution in [0.4, 0.5) is 4.79 Å². The van der Waals surface area contributed by atoms with Gasteiger partial charge in [0.05, 0.1) is 13.2 Å². The number of carbonyl (C=O) groups excluding carboxylic acids is 1. The van der Waals surface area contributed by atoms with E-state index in [0.717, 1.165) is 11.3 Å². The Morgan fingerprint density at radius 2 is 2.11 bits per heavy atom. The Bertz CT molecular complexity index is 472. The minimum atomic E-state index is -1.08. The molecule has 2 amide bonds. The molecule has 6 heteroatoms. The third-order valence-corrected chi connectivity index (χ3v) is 3.26. The Hall–Kier alpha value is -2.24. The molecule has 1 heterocycles. The molecular weight excluding hydrogens is 248 g/mol. The molecular formula is C13H16N2O4. The number of carbonyl (C=O) groups is 2. The number of hydrogen-bond donors (Lipinski definition) is 3. The van der Waals surface area contributed by atoms with Gasteiger partial charge in [-0.2, -0.15) is 0 Å². The first-order valence-corrected chi connectivity index (χ1v) is 6.00. The average molecular weight is 264 g/mol. The summed E-state index contributed by atoms with van der Waals surface area (Å²) in [7, 11) is 1.58. The lowest BCUT2D eigenvalue weighted by molar-refractivity contribution is -0.123. The van der Waals surface area contributed by atoms with E-state index in [9.17, 15) is 9.59 Å². The lowest BCUT2D eigenvalue weighted by Crippen LogP contribution is -2.51. The fourth-order valence-corrected chi connectivity index (χ4v) is 2.29. The van der Waals surface area contributed by atoms with Gasteiger partial charge in [0.15, 0.2) is 0 Å². The number of rotatable bonds is 3. The second-order valence-corrected chi connectivity index (χ2v) is 4.44. The summed E-state index contributed by atoms with van der Waals surface area (Å²) in [5.74, 6) is 0.506. The van der Waals surface area contributed by atoms with Crippen LogP contribution in [0, 0.1) is 0 Å². The first kappa shape index (κ1) is 13.2. The molecule has 2 atom stereocenters. The largest absolute Gasteiger partial charge is 0.497 e. The van der Waals surface area contributed by atoms with Crippen LogP contribution < -0.4 is 15.4 Å². The van der Waals surface area contributed by atoms with Crippen LogP contribution in [0.1, 0.15) is 17.9 Å². The first-order chi connectivity index (χ1) is 9.10. The van der Waals surface area contributed by atoms with Gasteiger partial charge in [-0.15, -0.1) is 0 Å². The average Bonchev–Trinajstić information content (AvgIpc) is 2.40. The molecule has 102 valence electrons. The molecule has 2 unspecified atom stereocenters. The van der Waals surface area contributed by atoms with E-state index in [2.05, 4.69) is 10.6 Å². The maximum atomic E-state index is 11.5. The van der Waals surface area contributed by atoms with Crippen LogP contribution in [0.3, 0.4) is 0 Å². The summed E-state index contributed by atoms with van der Waals surface area (Å²) in [6.45, 7) is 0.307. The van der Waals surface area contributed by atoms with Crippen molar-refractivity contribution in [3.8, 4) is 5.75 Å². The Morgan fingerprint density at radius 3 is 2.68 bits per heavy atom. The van der Waals surface area contributed by atoms with E-state index >= 15 is 0 Å². The summed E-state index contributed by atoms with van der Waals surface area (Å²) in [5.41, 5.74) is 0.925. The van der Waals surface area contributed by atoms with Gasteiger partial charge in [-0.25, -0.2) is 4.79 Å². The van der Waals surface area contributed by atoms with Crippen molar-refractivity contribution in [1.82, 2.24) is 10.6 Å². The molecule has 0 aromatic heterocycles. The minimum Gasteiger partial charge on any atom is -0.497 e. The molecule has 1 aromatic carbocycles. The van der Waals surface area contributed by atoms with Crippen molar-refractivity contribution < 1.29 is 19.4 Å². The van der Waals surface area contributed by atoms with E-state index in [1.807, 2.05) is 12.1 Å².